The van der Waals surface area contributed by atoms with Crippen molar-refractivity contribution in [1.82, 2.24) is 0 Å². The van der Waals surface area contributed by atoms with Crippen LogP contribution in [0.5, 0.6) is 0 Å². The van der Waals surface area contributed by atoms with Gasteiger partial charge >= 0.3 is 11.9 Å². The average Bonchev–Trinajstić information content (AvgIpc) is 3.18. The molecule has 1 aromatic rings. The van der Waals surface area contributed by atoms with Crippen LogP contribution in [-0.2, 0) is 23.7 Å². The number of hydrogen-bond donors (Lipinski definition) is 0. The zero-order chi connectivity index (χ0) is 25.7. The molecule has 4 fully saturated rings. The molecule has 0 spiro atoms. The summed E-state index contributed by atoms with van der Waals surface area (Å²) in [6.45, 7) is 13.9. The smallest absolute Gasteiger partial charge is 0.338 e. The summed E-state index contributed by atoms with van der Waals surface area (Å²) in [6.07, 6.45) is 6.14. The van der Waals surface area contributed by atoms with Gasteiger partial charge in [0.15, 0.2) is 11.9 Å². The fourth-order valence-corrected chi connectivity index (χ4v) is 7.28. The van der Waals surface area contributed by atoms with Crippen LogP contribution in [0.2, 0.25) is 0 Å². The van der Waals surface area contributed by atoms with Gasteiger partial charge < -0.3 is 18.9 Å². The first-order valence-electron chi connectivity index (χ1n) is 13.2. The second-order valence-electron chi connectivity index (χ2n) is 11.9. The highest BCUT2D eigenvalue weighted by Crippen LogP contribution is 2.63. The van der Waals surface area contributed by atoms with Crippen molar-refractivity contribution in [2.75, 3.05) is 13.2 Å². The van der Waals surface area contributed by atoms with E-state index in [2.05, 4.69) is 20.4 Å². The molecule has 0 unspecified atom stereocenters. The minimum Gasteiger partial charge on any atom is -0.458 e. The van der Waals surface area contributed by atoms with Crippen LogP contribution >= 0.6 is 0 Å². The maximum absolute atomic E-state index is 12.6. The number of allylic oxidation sites excluding steroid dienone is 2. The summed E-state index contributed by atoms with van der Waals surface area (Å²) >= 11 is 0. The van der Waals surface area contributed by atoms with Crippen LogP contribution in [0.1, 0.15) is 70.2 Å². The van der Waals surface area contributed by atoms with Gasteiger partial charge in [0.2, 0.25) is 0 Å². The number of rotatable bonds is 4. The first kappa shape index (κ1) is 25.2. The van der Waals surface area contributed by atoms with E-state index in [9.17, 15) is 9.59 Å². The summed E-state index contributed by atoms with van der Waals surface area (Å²) in [4.78, 5) is 25.2. The highest BCUT2D eigenvalue weighted by molar-refractivity contribution is 5.94. The molecule has 0 bridgehead atoms. The third kappa shape index (κ3) is 4.32. The molecule has 6 atom stereocenters. The molecule has 5 rings (SSSR count). The van der Waals surface area contributed by atoms with E-state index < -0.39 is 23.8 Å². The Morgan fingerprint density at radius 2 is 1.89 bits per heavy atom. The quantitative estimate of drug-likeness (QED) is 0.307. The van der Waals surface area contributed by atoms with Crippen LogP contribution in [0.25, 0.3) is 0 Å². The molecule has 4 aliphatic rings. The van der Waals surface area contributed by atoms with Gasteiger partial charge in [0, 0.05) is 5.41 Å². The van der Waals surface area contributed by atoms with Crippen molar-refractivity contribution in [3.8, 4) is 0 Å². The van der Waals surface area contributed by atoms with Gasteiger partial charge in [-0.3, -0.25) is 0 Å². The van der Waals surface area contributed by atoms with Crippen molar-refractivity contribution in [1.29, 1.82) is 0 Å². The Morgan fingerprint density at radius 1 is 1.14 bits per heavy atom. The highest BCUT2D eigenvalue weighted by atomic mass is 16.7. The van der Waals surface area contributed by atoms with Crippen LogP contribution in [0.15, 0.2) is 54.1 Å². The number of cyclic esters (lactones) is 1. The van der Waals surface area contributed by atoms with Crippen LogP contribution in [-0.4, -0.2) is 43.1 Å². The molecule has 6 heteroatoms. The molecular formula is C30H38O6. The van der Waals surface area contributed by atoms with Gasteiger partial charge in [-0.25, -0.2) is 9.59 Å². The second kappa shape index (κ2) is 9.14. The Bertz CT molecular complexity index is 1070. The van der Waals surface area contributed by atoms with Crippen LogP contribution in [0.3, 0.4) is 0 Å². The Kier molecular flexibility index (Phi) is 6.40. The number of fused-ring (bicyclic) bond motifs is 3. The molecule has 36 heavy (non-hydrogen) atoms. The average molecular weight is 495 g/mol. The minimum absolute atomic E-state index is 0.0184. The molecule has 2 aliphatic heterocycles. The normalized spacial score (nSPS) is 38.7. The van der Waals surface area contributed by atoms with E-state index in [0.717, 1.165) is 25.7 Å². The number of benzene rings is 1. The zero-order valence-electron chi connectivity index (χ0n) is 21.9. The SMILES string of the molecule is C=C1CC[C@@H]2[C@]3(C)COC(C)(C)O[C@@H]3CC[C@@]2(C)[C@@H]1C/C=C1/C(=O)OC[C@H]1OC(=O)c1ccccc1. The van der Waals surface area contributed by atoms with Crippen LogP contribution in [0.4, 0.5) is 0 Å². The first-order valence-corrected chi connectivity index (χ1v) is 13.2. The summed E-state index contributed by atoms with van der Waals surface area (Å²) in [5.74, 6) is -0.762. The number of ether oxygens (including phenoxy) is 4. The number of esters is 2. The zero-order valence-corrected chi connectivity index (χ0v) is 21.9. The molecule has 0 N–H and O–H groups in total. The molecule has 194 valence electrons. The molecule has 2 aliphatic carbocycles. The second-order valence-corrected chi connectivity index (χ2v) is 11.9. The molecule has 0 amide bonds. The summed E-state index contributed by atoms with van der Waals surface area (Å²) in [7, 11) is 0. The molecule has 1 aromatic carbocycles. The van der Waals surface area contributed by atoms with E-state index in [-0.39, 0.29) is 29.5 Å². The van der Waals surface area contributed by atoms with Crippen LogP contribution in [0, 0.1) is 22.7 Å². The third-order valence-electron chi connectivity index (χ3n) is 9.25. The number of carbonyl (C=O) groups is 2. The largest absolute Gasteiger partial charge is 0.458 e. The van der Waals surface area contributed by atoms with Gasteiger partial charge in [-0.1, -0.05) is 50.3 Å². The monoisotopic (exact) mass is 494 g/mol. The van der Waals surface area contributed by atoms with Gasteiger partial charge in [0.05, 0.1) is 23.8 Å². The third-order valence-corrected chi connectivity index (χ3v) is 9.25. The Hall–Kier alpha value is -2.44. The van der Waals surface area contributed by atoms with E-state index >= 15 is 0 Å². The number of carbonyl (C=O) groups excluding carboxylic acids is 2. The standard InChI is InChI=1S/C30H38O6/c1-19-11-14-24-29(4,16-15-25-30(24,5)18-34-28(2,3)36-25)22(19)13-12-21-23(17-33-27(21)32)35-26(31)20-9-7-6-8-10-20/h6-10,12,22-25H,1,11,13-18H2,2-5H3/b21-12+/t22-,23-,24+,25-,29+,30+/m1/s1. The van der Waals surface area contributed by atoms with Gasteiger partial charge in [-0.2, -0.15) is 0 Å². The van der Waals surface area contributed by atoms with Crippen molar-refractivity contribution in [3.05, 3.63) is 59.7 Å². The summed E-state index contributed by atoms with van der Waals surface area (Å²) in [6, 6.07) is 8.82. The predicted molar refractivity (Wildman–Crippen MR) is 135 cm³/mol. The van der Waals surface area contributed by atoms with Crippen LogP contribution < -0.4 is 0 Å². The molecule has 0 radical (unpaired) electrons. The fraction of sp³-hybridized carbons (Fsp3) is 0.600. The summed E-state index contributed by atoms with van der Waals surface area (Å²) in [5.41, 5.74) is 2.08. The summed E-state index contributed by atoms with van der Waals surface area (Å²) in [5, 5.41) is 0. The van der Waals surface area contributed by atoms with Crippen molar-refractivity contribution >= 4 is 11.9 Å². The first-order chi connectivity index (χ1) is 17.0. The fourth-order valence-electron chi connectivity index (χ4n) is 7.28. The topological polar surface area (TPSA) is 71.1 Å². The molecule has 2 saturated carbocycles. The molecule has 2 saturated heterocycles. The molecule has 6 nitrogen and oxygen atoms in total. The molecular weight excluding hydrogens is 456 g/mol. The van der Waals surface area contributed by atoms with Crippen molar-refractivity contribution in [2.45, 2.75) is 77.8 Å². The Balaban J connectivity index is 1.35. The Labute approximate surface area is 214 Å². The Morgan fingerprint density at radius 3 is 2.64 bits per heavy atom. The predicted octanol–water partition coefficient (Wildman–Crippen LogP) is 5.63. The van der Waals surface area contributed by atoms with Crippen molar-refractivity contribution in [3.63, 3.8) is 0 Å². The van der Waals surface area contributed by atoms with E-state index in [1.54, 1.807) is 24.3 Å². The summed E-state index contributed by atoms with van der Waals surface area (Å²) < 4.78 is 23.5. The highest BCUT2D eigenvalue weighted by Gasteiger charge is 2.60. The lowest BCUT2D eigenvalue weighted by Crippen LogP contribution is -2.62. The van der Waals surface area contributed by atoms with Gasteiger partial charge in [0.25, 0.3) is 0 Å². The van der Waals surface area contributed by atoms with E-state index in [0.29, 0.717) is 30.1 Å². The van der Waals surface area contributed by atoms with E-state index in [1.165, 1.54) is 5.57 Å². The molecule has 0 aromatic heterocycles. The minimum atomic E-state index is -0.693. The molecule has 2 heterocycles. The maximum atomic E-state index is 12.6. The van der Waals surface area contributed by atoms with Gasteiger partial charge in [-0.05, 0) is 75.3 Å². The van der Waals surface area contributed by atoms with Crippen molar-refractivity contribution in [2.24, 2.45) is 22.7 Å². The lowest BCUT2D eigenvalue weighted by molar-refractivity contribution is -0.344. The lowest BCUT2D eigenvalue weighted by Gasteiger charge is -2.63. The van der Waals surface area contributed by atoms with E-state index in [4.69, 9.17) is 18.9 Å². The van der Waals surface area contributed by atoms with Gasteiger partial charge in [-0.15, -0.1) is 0 Å². The van der Waals surface area contributed by atoms with Crippen molar-refractivity contribution < 1.29 is 28.5 Å². The number of hydrogen-bond acceptors (Lipinski definition) is 6. The van der Waals surface area contributed by atoms with Gasteiger partial charge in [0.1, 0.15) is 6.61 Å². The van der Waals surface area contributed by atoms with E-state index in [1.807, 2.05) is 26.0 Å². The lowest BCUT2D eigenvalue weighted by atomic mass is 9.46. The maximum Gasteiger partial charge on any atom is 0.338 e.